The molecule has 1 aliphatic rings. The Morgan fingerprint density at radius 2 is 2.04 bits per heavy atom. The number of β-amino-alcohol motifs (C(OH)–C–C–N with tert-alkyl or cyclic N) is 1. The molecule has 1 saturated heterocycles. The molecule has 1 fully saturated rings. The SMILES string of the molecule is C[C@@H]1CCN(CC(O)COc2ccc(C(=O)O)cc2)C[C@H](C)O1. The third kappa shape index (κ3) is 5.82. The van der Waals surface area contributed by atoms with E-state index in [-0.39, 0.29) is 24.4 Å². The van der Waals surface area contributed by atoms with Gasteiger partial charge in [0.2, 0.25) is 0 Å². The summed E-state index contributed by atoms with van der Waals surface area (Å²) in [5.41, 5.74) is 0.213. The summed E-state index contributed by atoms with van der Waals surface area (Å²) >= 11 is 0. The number of benzene rings is 1. The number of rotatable bonds is 6. The molecule has 6 nitrogen and oxygen atoms in total. The van der Waals surface area contributed by atoms with Gasteiger partial charge in [0, 0.05) is 19.6 Å². The van der Waals surface area contributed by atoms with Gasteiger partial charge in [0.05, 0.1) is 17.8 Å². The van der Waals surface area contributed by atoms with Gasteiger partial charge in [0.25, 0.3) is 0 Å². The third-order valence-electron chi connectivity index (χ3n) is 3.84. The Balaban J connectivity index is 1.78. The largest absolute Gasteiger partial charge is 0.491 e. The highest BCUT2D eigenvalue weighted by molar-refractivity contribution is 5.87. The van der Waals surface area contributed by atoms with Crippen molar-refractivity contribution in [3.63, 3.8) is 0 Å². The zero-order chi connectivity index (χ0) is 16.8. The van der Waals surface area contributed by atoms with Crippen molar-refractivity contribution in [2.24, 2.45) is 0 Å². The quantitative estimate of drug-likeness (QED) is 0.828. The fraction of sp³-hybridized carbons (Fsp3) is 0.588. The molecule has 0 amide bonds. The first kappa shape index (κ1) is 17.7. The Hall–Kier alpha value is -1.63. The molecule has 1 unspecified atom stereocenters. The van der Waals surface area contributed by atoms with Crippen molar-refractivity contribution in [1.82, 2.24) is 4.90 Å². The third-order valence-corrected chi connectivity index (χ3v) is 3.84. The molecule has 0 bridgehead atoms. The van der Waals surface area contributed by atoms with Gasteiger partial charge >= 0.3 is 5.97 Å². The summed E-state index contributed by atoms with van der Waals surface area (Å²) in [7, 11) is 0. The topological polar surface area (TPSA) is 79.2 Å². The van der Waals surface area contributed by atoms with Gasteiger partial charge in [-0.25, -0.2) is 4.79 Å². The maximum atomic E-state index is 10.8. The molecule has 1 aromatic rings. The van der Waals surface area contributed by atoms with E-state index in [1.54, 1.807) is 12.1 Å². The second-order valence-electron chi connectivity index (χ2n) is 6.10. The number of hydrogen-bond donors (Lipinski definition) is 2. The van der Waals surface area contributed by atoms with Crippen molar-refractivity contribution in [3.05, 3.63) is 29.8 Å². The van der Waals surface area contributed by atoms with Crippen LogP contribution in [0.5, 0.6) is 5.75 Å². The Kier molecular flexibility index (Phi) is 6.38. The van der Waals surface area contributed by atoms with E-state index in [2.05, 4.69) is 11.8 Å². The molecule has 6 heteroatoms. The summed E-state index contributed by atoms with van der Waals surface area (Å²) in [6.45, 7) is 6.52. The summed E-state index contributed by atoms with van der Waals surface area (Å²) < 4.78 is 11.3. The number of aromatic carboxylic acids is 1. The Bertz CT molecular complexity index is 504. The predicted molar refractivity (Wildman–Crippen MR) is 86.0 cm³/mol. The molecule has 128 valence electrons. The molecule has 1 aliphatic heterocycles. The maximum absolute atomic E-state index is 10.8. The molecular weight excluding hydrogens is 298 g/mol. The summed E-state index contributed by atoms with van der Waals surface area (Å²) in [5.74, 6) is -0.418. The highest BCUT2D eigenvalue weighted by Crippen LogP contribution is 2.14. The van der Waals surface area contributed by atoms with Crippen LogP contribution in [0.2, 0.25) is 0 Å². The zero-order valence-electron chi connectivity index (χ0n) is 13.6. The first-order valence-corrected chi connectivity index (χ1v) is 7.96. The van der Waals surface area contributed by atoms with Crippen molar-refractivity contribution < 1.29 is 24.5 Å². The lowest BCUT2D eigenvalue weighted by molar-refractivity contribution is 0.00919. The van der Waals surface area contributed by atoms with Crippen LogP contribution < -0.4 is 4.74 Å². The van der Waals surface area contributed by atoms with Crippen LogP contribution >= 0.6 is 0 Å². The van der Waals surface area contributed by atoms with Crippen LogP contribution in [0.4, 0.5) is 0 Å². The number of aliphatic hydroxyl groups is 1. The number of nitrogens with zero attached hydrogens (tertiary/aromatic N) is 1. The van der Waals surface area contributed by atoms with Gasteiger partial charge in [0.1, 0.15) is 18.5 Å². The van der Waals surface area contributed by atoms with Crippen LogP contribution in [0.15, 0.2) is 24.3 Å². The van der Waals surface area contributed by atoms with Crippen LogP contribution in [0.25, 0.3) is 0 Å². The van der Waals surface area contributed by atoms with E-state index in [0.717, 1.165) is 19.5 Å². The average Bonchev–Trinajstić information content (AvgIpc) is 2.66. The van der Waals surface area contributed by atoms with E-state index < -0.39 is 12.1 Å². The fourth-order valence-electron chi connectivity index (χ4n) is 2.73. The van der Waals surface area contributed by atoms with Crippen molar-refractivity contribution >= 4 is 5.97 Å². The van der Waals surface area contributed by atoms with Gasteiger partial charge in [-0.2, -0.15) is 0 Å². The average molecular weight is 323 g/mol. The Labute approximate surface area is 136 Å². The fourth-order valence-corrected chi connectivity index (χ4v) is 2.73. The first-order valence-electron chi connectivity index (χ1n) is 7.96. The number of ether oxygens (including phenoxy) is 2. The van der Waals surface area contributed by atoms with Gasteiger partial charge in [-0.15, -0.1) is 0 Å². The van der Waals surface area contributed by atoms with E-state index >= 15 is 0 Å². The minimum Gasteiger partial charge on any atom is -0.491 e. The molecule has 1 aromatic carbocycles. The van der Waals surface area contributed by atoms with Gasteiger partial charge in [-0.1, -0.05) is 0 Å². The molecule has 2 N–H and O–H groups in total. The Morgan fingerprint density at radius 1 is 1.35 bits per heavy atom. The molecule has 0 saturated carbocycles. The van der Waals surface area contributed by atoms with E-state index in [1.165, 1.54) is 12.1 Å². The van der Waals surface area contributed by atoms with Gasteiger partial charge in [-0.05, 0) is 44.5 Å². The number of aliphatic hydroxyl groups excluding tert-OH is 1. The molecule has 3 atom stereocenters. The normalized spacial score (nSPS) is 24.0. The maximum Gasteiger partial charge on any atom is 0.335 e. The molecule has 0 aliphatic carbocycles. The first-order chi connectivity index (χ1) is 10.9. The monoisotopic (exact) mass is 323 g/mol. The molecular formula is C17H25NO5. The molecule has 0 spiro atoms. The van der Waals surface area contributed by atoms with Crippen LogP contribution in [-0.2, 0) is 4.74 Å². The Morgan fingerprint density at radius 3 is 2.70 bits per heavy atom. The highest BCUT2D eigenvalue weighted by Gasteiger charge is 2.21. The number of carbonyl (C=O) groups is 1. The zero-order valence-corrected chi connectivity index (χ0v) is 13.6. The molecule has 23 heavy (non-hydrogen) atoms. The van der Waals surface area contributed by atoms with Crippen LogP contribution in [0, 0.1) is 0 Å². The van der Waals surface area contributed by atoms with Gasteiger partial charge < -0.3 is 19.7 Å². The van der Waals surface area contributed by atoms with E-state index in [0.29, 0.717) is 12.3 Å². The van der Waals surface area contributed by atoms with Crippen LogP contribution in [-0.4, -0.2) is 65.6 Å². The smallest absolute Gasteiger partial charge is 0.335 e. The van der Waals surface area contributed by atoms with E-state index in [4.69, 9.17) is 14.6 Å². The van der Waals surface area contributed by atoms with E-state index in [9.17, 15) is 9.90 Å². The lowest BCUT2D eigenvalue weighted by Gasteiger charge is -2.24. The standard InChI is InChI=1S/C17H25NO5/c1-12-7-8-18(9-13(2)23-12)10-15(19)11-22-16-5-3-14(4-6-16)17(20)21/h3-6,12-13,15,19H,7-11H2,1-2H3,(H,20,21)/t12-,13+,15?/m1/s1. The molecule has 0 radical (unpaired) electrons. The van der Waals surface area contributed by atoms with E-state index in [1.807, 2.05) is 6.92 Å². The number of carboxylic acid groups (broad SMARTS) is 1. The number of carboxylic acids is 1. The van der Waals surface area contributed by atoms with Gasteiger partial charge in [0.15, 0.2) is 0 Å². The van der Waals surface area contributed by atoms with Crippen LogP contribution in [0.1, 0.15) is 30.6 Å². The van der Waals surface area contributed by atoms with Crippen molar-refractivity contribution in [2.45, 2.75) is 38.6 Å². The highest BCUT2D eigenvalue weighted by atomic mass is 16.5. The van der Waals surface area contributed by atoms with Crippen molar-refractivity contribution in [1.29, 1.82) is 0 Å². The molecule has 0 aromatic heterocycles. The van der Waals surface area contributed by atoms with Crippen LogP contribution in [0.3, 0.4) is 0 Å². The lowest BCUT2D eigenvalue weighted by Crippen LogP contribution is -2.38. The second-order valence-corrected chi connectivity index (χ2v) is 6.10. The minimum atomic E-state index is -0.969. The molecule has 1 heterocycles. The van der Waals surface area contributed by atoms with Gasteiger partial charge in [-0.3, -0.25) is 4.90 Å². The van der Waals surface area contributed by atoms with Crippen molar-refractivity contribution in [2.75, 3.05) is 26.2 Å². The molecule has 2 rings (SSSR count). The summed E-state index contributed by atoms with van der Waals surface area (Å²) in [6.07, 6.45) is 0.754. The summed E-state index contributed by atoms with van der Waals surface area (Å²) in [4.78, 5) is 13.0. The lowest BCUT2D eigenvalue weighted by atomic mass is 10.2. The minimum absolute atomic E-state index is 0.157. The number of hydrogen-bond acceptors (Lipinski definition) is 5. The van der Waals surface area contributed by atoms with Crippen molar-refractivity contribution in [3.8, 4) is 5.75 Å². The summed E-state index contributed by atoms with van der Waals surface area (Å²) in [6, 6.07) is 6.16. The summed E-state index contributed by atoms with van der Waals surface area (Å²) in [5, 5.41) is 19.0. The predicted octanol–water partition coefficient (Wildman–Crippen LogP) is 1.62. The second kappa shape index (κ2) is 8.29.